The molecule has 0 aliphatic heterocycles. The number of aromatic nitrogens is 1. The number of anilines is 2. The van der Waals surface area contributed by atoms with Crippen LogP contribution in [0, 0.1) is 0 Å². The summed E-state index contributed by atoms with van der Waals surface area (Å²) in [6.45, 7) is 0. The summed E-state index contributed by atoms with van der Waals surface area (Å²) in [5.41, 5.74) is 2.95. The fourth-order valence-electron chi connectivity index (χ4n) is 5.71. The zero-order valence-corrected chi connectivity index (χ0v) is 21.4. The van der Waals surface area contributed by atoms with Crippen LogP contribution in [0.3, 0.4) is 0 Å². The van der Waals surface area contributed by atoms with E-state index in [0.29, 0.717) is 6.04 Å². The van der Waals surface area contributed by atoms with Crippen LogP contribution in [0.25, 0.3) is 32.4 Å². The third-order valence-electron chi connectivity index (χ3n) is 7.59. The van der Waals surface area contributed by atoms with E-state index in [2.05, 4.69) is 84.2 Å². The van der Waals surface area contributed by atoms with Gasteiger partial charge in [0.2, 0.25) is 0 Å². The number of fused-ring (bicyclic) bond motifs is 3. The lowest BCUT2D eigenvalue weighted by Gasteiger charge is -2.30. The summed E-state index contributed by atoms with van der Waals surface area (Å²) in [7, 11) is 4.14. The van der Waals surface area contributed by atoms with Gasteiger partial charge >= 0.3 is 0 Å². The molecule has 0 atom stereocenters. The highest BCUT2D eigenvalue weighted by Gasteiger charge is 2.25. The zero-order chi connectivity index (χ0) is 25.4. The molecule has 4 aromatic carbocycles. The van der Waals surface area contributed by atoms with Crippen LogP contribution in [0.15, 0.2) is 84.9 Å². The van der Waals surface area contributed by atoms with Gasteiger partial charge in [-0.3, -0.25) is 4.79 Å². The van der Waals surface area contributed by atoms with Gasteiger partial charge in [-0.2, -0.15) is 0 Å². The van der Waals surface area contributed by atoms with Crippen LogP contribution in [0.5, 0.6) is 0 Å². The van der Waals surface area contributed by atoms with Crippen LogP contribution in [-0.4, -0.2) is 37.1 Å². The minimum atomic E-state index is 0.0243. The number of carbonyl (C=O) groups is 1. The molecule has 1 heterocycles. The monoisotopic (exact) mass is 488 g/mol. The van der Waals surface area contributed by atoms with Gasteiger partial charge in [0.15, 0.2) is 0 Å². The highest BCUT2D eigenvalue weighted by molar-refractivity contribution is 6.18. The van der Waals surface area contributed by atoms with Gasteiger partial charge < -0.3 is 15.5 Å². The number of nitrogens with one attached hydrogen (secondary N) is 2. The van der Waals surface area contributed by atoms with Crippen LogP contribution >= 0.6 is 0 Å². The fraction of sp³-hybridized carbons (Fsp3) is 0.250. The fourth-order valence-corrected chi connectivity index (χ4v) is 5.71. The lowest BCUT2D eigenvalue weighted by Crippen LogP contribution is -2.40. The predicted octanol–water partition coefficient (Wildman–Crippen LogP) is 6.76. The van der Waals surface area contributed by atoms with Crippen molar-refractivity contribution >= 4 is 49.9 Å². The summed E-state index contributed by atoms with van der Waals surface area (Å²) in [4.78, 5) is 20.6. The first-order valence-electron chi connectivity index (χ1n) is 13.1. The van der Waals surface area contributed by atoms with Crippen molar-refractivity contribution in [3.63, 3.8) is 0 Å². The van der Waals surface area contributed by atoms with Gasteiger partial charge in [-0.05, 0) is 59.4 Å². The topological polar surface area (TPSA) is 57.3 Å². The molecule has 186 valence electrons. The molecule has 0 spiro atoms. The second kappa shape index (κ2) is 9.74. The third kappa shape index (κ3) is 4.57. The smallest absolute Gasteiger partial charge is 0.252 e. The molecule has 1 aromatic heterocycles. The molecular weight excluding hydrogens is 456 g/mol. The maximum absolute atomic E-state index is 13.6. The van der Waals surface area contributed by atoms with E-state index in [4.69, 9.17) is 4.98 Å². The van der Waals surface area contributed by atoms with Crippen molar-refractivity contribution in [1.29, 1.82) is 0 Å². The number of amides is 1. The Morgan fingerprint density at radius 3 is 1.97 bits per heavy atom. The van der Waals surface area contributed by atoms with Crippen LogP contribution in [0.4, 0.5) is 11.5 Å². The van der Waals surface area contributed by atoms with Crippen molar-refractivity contribution < 1.29 is 4.79 Å². The summed E-state index contributed by atoms with van der Waals surface area (Å²) in [5.74, 6) is 0.938. The van der Waals surface area contributed by atoms with Crippen molar-refractivity contribution in [2.75, 3.05) is 24.3 Å². The van der Waals surface area contributed by atoms with E-state index in [0.717, 1.165) is 75.2 Å². The molecule has 1 fully saturated rings. The molecule has 1 aliphatic carbocycles. The van der Waals surface area contributed by atoms with Gasteiger partial charge in [0, 0.05) is 43.3 Å². The van der Waals surface area contributed by atoms with Crippen molar-refractivity contribution in [2.24, 2.45) is 0 Å². The molecule has 1 aliphatic rings. The van der Waals surface area contributed by atoms with Crippen molar-refractivity contribution in [2.45, 2.75) is 37.8 Å². The Labute approximate surface area is 217 Å². The Balaban J connectivity index is 1.17. The second-order valence-electron chi connectivity index (χ2n) is 10.3. The Hall–Kier alpha value is -4.12. The maximum Gasteiger partial charge on any atom is 0.252 e. The largest absolute Gasteiger partial charge is 0.377 e. The van der Waals surface area contributed by atoms with Crippen LogP contribution < -0.4 is 15.5 Å². The van der Waals surface area contributed by atoms with Crippen molar-refractivity contribution in [1.82, 2.24) is 10.3 Å². The number of nitrogens with zero attached hydrogens (tertiary/aromatic N) is 2. The number of benzene rings is 4. The van der Waals surface area contributed by atoms with Gasteiger partial charge in [-0.15, -0.1) is 0 Å². The molecule has 0 radical (unpaired) electrons. The average Bonchev–Trinajstić information content (AvgIpc) is 2.92. The summed E-state index contributed by atoms with van der Waals surface area (Å²) in [6.07, 6.45) is 3.88. The Bertz CT molecular complexity index is 1550. The first-order valence-corrected chi connectivity index (χ1v) is 13.1. The number of para-hydroxylation sites is 1. The maximum atomic E-state index is 13.6. The quantitative estimate of drug-likeness (QED) is 0.268. The normalized spacial score (nSPS) is 17.7. The molecule has 2 N–H and O–H groups in total. The van der Waals surface area contributed by atoms with E-state index in [9.17, 15) is 4.79 Å². The van der Waals surface area contributed by atoms with E-state index in [1.165, 1.54) is 0 Å². The van der Waals surface area contributed by atoms with E-state index in [1.54, 1.807) is 0 Å². The van der Waals surface area contributed by atoms with Gasteiger partial charge in [-0.25, -0.2) is 4.98 Å². The minimum Gasteiger partial charge on any atom is -0.377 e. The molecule has 0 saturated heterocycles. The molecular formula is C32H32N4O. The van der Waals surface area contributed by atoms with Crippen LogP contribution in [0.1, 0.15) is 36.0 Å². The number of rotatable bonds is 5. The first kappa shape index (κ1) is 23.3. The molecule has 1 amide bonds. The van der Waals surface area contributed by atoms with Crippen molar-refractivity contribution in [3.05, 3.63) is 90.5 Å². The third-order valence-corrected chi connectivity index (χ3v) is 7.59. The lowest BCUT2D eigenvalue weighted by molar-refractivity contribution is 0.0930. The van der Waals surface area contributed by atoms with E-state index >= 15 is 0 Å². The van der Waals surface area contributed by atoms with Gasteiger partial charge in [0.25, 0.3) is 5.91 Å². The van der Waals surface area contributed by atoms with Gasteiger partial charge in [0.1, 0.15) is 5.82 Å². The van der Waals surface area contributed by atoms with Crippen LogP contribution in [-0.2, 0) is 0 Å². The predicted molar refractivity (Wildman–Crippen MR) is 155 cm³/mol. The number of carbonyl (C=O) groups excluding carboxylic acids is 1. The standard InChI is InChI=1S/C32H32N4O/c1-36(2)29-20-30(35-28-14-8-7-13-27(28)29)33-23-15-17-24(18-16-23)34-32(37)31-25-11-5-3-9-21(25)19-22-10-4-6-12-26(22)31/h3-14,19-20,23-24H,15-18H2,1-2H3,(H,33,35)(H,34,37)/t23-,24+. The minimum absolute atomic E-state index is 0.0243. The van der Waals surface area contributed by atoms with Gasteiger partial charge in [0.05, 0.1) is 11.1 Å². The summed E-state index contributed by atoms with van der Waals surface area (Å²) in [6, 6.07) is 29.4. The molecule has 0 unspecified atom stereocenters. The molecule has 5 heteroatoms. The number of hydrogen-bond donors (Lipinski definition) is 2. The SMILES string of the molecule is CN(C)c1cc(N[C@H]2CC[C@@H](NC(=O)c3c4ccccc4cc4ccccc34)CC2)nc2ccccc12. The lowest BCUT2D eigenvalue weighted by atomic mass is 9.90. The Morgan fingerprint density at radius 2 is 1.32 bits per heavy atom. The molecule has 6 rings (SSSR count). The molecule has 5 aromatic rings. The van der Waals surface area contributed by atoms with Crippen molar-refractivity contribution in [3.8, 4) is 0 Å². The highest BCUT2D eigenvalue weighted by atomic mass is 16.1. The van der Waals surface area contributed by atoms with Crippen LogP contribution in [0.2, 0.25) is 0 Å². The Kier molecular flexibility index (Phi) is 6.13. The van der Waals surface area contributed by atoms with E-state index in [-0.39, 0.29) is 11.9 Å². The molecule has 37 heavy (non-hydrogen) atoms. The van der Waals surface area contributed by atoms with E-state index < -0.39 is 0 Å². The molecule has 1 saturated carbocycles. The van der Waals surface area contributed by atoms with Gasteiger partial charge in [-0.1, -0.05) is 66.7 Å². The number of hydrogen-bond acceptors (Lipinski definition) is 4. The number of pyridine rings is 1. The second-order valence-corrected chi connectivity index (χ2v) is 10.3. The summed E-state index contributed by atoms with van der Waals surface area (Å²) in [5, 5.41) is 12.4. The first-order chi connectivity index (χ1) is 18.1. The Morgan fingerprint density at radius 1 is 0.757 bits per heavy atom. The summed E-state index contributed by atoms with van der Waals surface area (Å²) >= 11 is 0. The highest BCUT2D eigenvalue weighted by Crippen LogP contribution is 2.31. The molecule has 5 nitrogen and oxygen atoms in total. The zero-order valence-electron chi connectivity index (χ0n) is 21.4. The summed E-state index contributed by atoms with van der Waals surface area (Å²) < 4.78 is 0. The molecule has 0 bridgehead atoms. The average molecular weight is 489 g/mol. The van der Waals surface area contributed by atoms with E-state index in [1.807, 2.05) is 30.3 Å².